The molecule has 2 heteroatoms. The monoisotopic (exact) mass is 207 g/mol. The SMILES string of the molecule is O=C1C[C@@H]2CCCCN2[C@@H]2CCCC[C@@H]12. The highest BCUT2D eigenvalue weighted by Gasteiger charge is 2.43. The zero-order valence-electron chi connectivity index (χ0n) is 9.45. The molecule has 84 valence electrons. The molecular formula is C13H21NO. The summed E-state index contributed by atoms with van der Waals surface area (Å²) in [7, 11) is 0. The van der Waals surface area contributed by atoms with E-state index in [1.54, 1.807) is 0 Å². The molecule has 2 nitrogen and oxygen atoms in total. The number of piperidine rings is 2. The summed E-state index contributed by atoms with van der Waals surface area (Å²) >= 11 is 0. The second kappa shape index (κ2) is 3.89. The van der Waals surface area contributed by atoms with Gasteiger partial charge in [0.2, 0.25) is 0 Å². The molecule has 0 aromatic rings. The van der Waals surface area contributed by atoms with Gasteiger partial charge in [0.1, 0.15) is 5.78 Å². The van der Waals surface area contributed by atoms with E-state index < -0.39 is 0 Å². The number of nitrogens with zero attached hydrogens (tertiary/aromatic N) is 1. The van der Waals surface area contributed by atoms with Gasteiger partial charge in [-0.1, -0.05) is 19.3 Å². The summed E-state index contributed by atoms with van der Waals surface area (Å²) < 4.78 is 0. The van der Waals surface area contributed by atoms with Gasteiger partial charge in [-0.25, -0.2) is 0 Å². The van der Waals surface area contributed by atoms with Crippen LogP contribution in [0.1, 0.15) is 51.4 Å². The second-order valence-corrected chi connectivity index (χ2v) is 5.52. The van der Waals surface area contributed by atoms with Crippen LogP contribution < -0.4 is 0 Å². The molecule has 0 spiro atoms. The minimum absolute atomic E-state index is 0.410. The molecule has 3 rings (SSSR count). The van der Waals surface area contributed by atoms with E-state index in [4.69, 9.17) is 0 Å². The van der Waals surface area contributed by atoms with Gasteiger partial charge in [0.05, 0.1) is 0 Å². The van der Waals surface area contributed by atoms with E-state index in [1.807, 2.05) is 0 Å². The molecule has 2 saturated heterocycles. The minimum atomic E-state index is 0.410. The molecule has 2 heterocycles. The van der Waals surface area contributed by atoms with Crippen molar-refractivity contribution in [1.29, 1.82) is 0 Å². The molecule has 1 saturated carbocycles. The Bertz CT molecular complexity index is 263. The molecule has 3 atom stereocenters. The number of rotatable bonds is 0. The Morgan fingerprint density at radius 1 is 1.00 bits per heavy atom. The molecule has 15 heavy (non-hydrogen) atoms. The van der Waals surface area contributed by atoms with Crippen LogP contribution in [0.5, 0.6) is 0 Å². The lowest BCUT2D eigenvalue weighted by molar-refractivity contribution is -0.135. The summed E-state index contributed by atoms with van der Waals surface area (Å²) in [4.78, 5) is 14.7. The summed E-state index contributed by atoms with van der Waals surface area (Å²) in [6.07, 6.45) is 9.92. The summed E-state index contributed by atoms with van der Waals surface area (Å²) in [5, 5.41) is 0. The number of hydrogen-bond acceptors (Lipinski definition) is 2. The number of Topliss-reactive ketones (excluding diaryl/α,β-unsaturated/α-hetero) is 1. The molecule has 0 aromatic heterocycles. The van der Waals surface area contributed by atoms with E-state index in [2.05, 4.69) is 4.90 Å². The molecule has 1 aliphatic carbocycles. The van der Waals surface area contributed by atoms with Gasteiger partial charge >= 0.3 is 0 Å². The molecule has 0 aromatic carbocycles. The molecule has 3 fully saturated rings. The lowest BCUT2D eigenvalue weighted by atomic mass is 9.74. The van der Waals surface area contributed by atoms with Crippen molar-refractivity contribution in [3.8, 4) is 0 Å². The molecule has 2 aliphatic heterocycles. The lowest BCUT2D eigenvalue weighted by Crippen LogP contribution is -2.57. The van der Waals surface area contributed by atoms with Gasteiger partial charge < -0.3 is 0 Å². The maximum absolute atomic E-state index is 12.1. The van der Waals surface area contributed by atoms with Crippen molar-refractivity contribution in [2.45, 2.75) is 63.5 Å². The van der Waals surface area contributed by atoms with E-state index in [-0.39, 0.29) is 0 Å². The fraction of sp³-hybridized carbons (Fsp3) is 0.923. The first-order chi connectivity index (χ1) is 7.36. The summed E-state index contributed by atoms with van der Waals surface area (Å²) in [6.45, 7) is 1.26. The summed E-state index contributed by atoms with van der Waals surface area (Å²) in [6, 6.07) is 1.25. The topological polar surface area (TPSA) is 20.3 Å². The highest BCUT2D eigenvalue weighted by molar-refractivity contribution is 5.83. The zero-order chi connectivity index (χ0) is 10.3. The predicted octanol–water partition coefficient (Wildman–Crippen LogP) is 2.37. The van der Waals surface area contributed by atoms with Crippen molar-refractivity contribution in [1.82, 2.24) is 4.90 Å². The van der Waals surface area contributed by atoms with E-state index in [9.17, 15) is 4.79 Å². The standard InChI is InChI=1S/C13H21NO/c15-13-9-10-5-3-4-8-14(10)12-7-2-1-6-11(12)13/h10-12H,1-9H2/t10-,11+,12+/m0/s1. The van der Waals surface area contributed by atoms with Crippen LogP contribution in [-0.4, -0.2) is 29.3 Å². The van der Waals surface area contributed by atoms with E-state index in [1.165, 1.54) is 51.5 Å². The Balaban J connectivity index is 1.82. The van der Waals surface area contributed by atoms with Crippen LogP contribution in [-0.2, 0) is 4.79 Å². The Labute approximate surface area is 92.0 Å². The third kappa shape index (κ3) is 1.63. The molecule has 0 radical (unpaired) electrons. The average Bonchev–Trinajstić information content (AvgIpc) is 2.30. The number of ketones is 1. The summed E-state index contributed by atoms with van der Waals surface area (Å²) in [5.74, 6) is 0.996. The molecular weight excluding hydrogens is 186 g/mol. The number of carbonyl (C=O) groups is 1. The van der Waals surface area contributed by atoms with Gasteiger partial charge in [0, 0.05) is 24.4 Å². The smallest absolute Gasteiger partial charge is 0.139 e. The molecule has 0 amide bonds. The van der Waals surface area contributed by atoms with Crippen molar-refractivity contribution in [2.24, 2.45) is 5.92 Å². The third-order valence-corrected chi connectivity index (χ3v) is 4.68. The van der Waals surface area contributed by atoms with E-state index in [0.717, 1.165) is 6.42 Å². The van der Waals surface area contributed by atoms with Crippen LogP contribution in [0.4, 0.5) is 0 Å². The van der Waals surface area contributed by atoms with Crippen LogP contribution in [0, 0.1) is 5.92 Å². The van der Waals surface area contributed by atoms with Crippen LogP contribution in [0.15, 0.2) is 0 Å². The third-order valence-electron chi connectivity index (χ3n) is 4.68. The van der Waals surface area contributed by atoms with Gasteiger partial charge in [-0.15, -0.1) is 0 Å². The Morgan fingerprint density at radius 3 is 2.73 bits per heavy atom. The maximum Gasteiger partial charge on any atom is 0.139 e. The van der Waals surface area contributed by atoms with Crippen LogP contribution in [0.3, 0.4) is 0 Å². The predicted molar refractivity (Wildman–Crippen MR) is 59.7 cm³/mol. The maximum atomic E-state index is 12.1. The van der Waals surface area contributed by atoms with Crippen molar-refractivity contribution in [2.75, 3.05) is 6.54 Å². The minimum Gasteiger partial charge on any atom is -0.299 e. The Hall–Kier alpha value is -0.370. The average molecular weight is 207 g/mol. The fourth-order valence-electron chi connectivity index (χ4n) is 3.95. The van der Waals surface area contributed by atoms with Crippen molar-refractivity contribution in [3.05, 3.63) is 0 Å². The highest BCUT2D eigenvalue weighted by atomic mass is 16.1. The van der Waals surface area contributed by atoms with Gasteiger partial charge in [-0.3, -0.25) is 9.69 Å². The van der Waals surface area contributed by atoms with Crippen LogP contribution in [0.2, 0.25) is 0 Å². The zero-order valence-corrected chi connectivity index (χ0v) is 9.45. The molecule has 0 unspecified atom stereocenters. The number of fused-ring (bicyclic) bond motifs is 3. The lowest BCUT2D eigenvalue weighted by Gasteiger charge is -2.49. The first-order valence-corrected chi connectivity index (χ1v) is 6.65. The second-order valence-electron chi connectivity index (χ2n) is 5.52. The van der Waals surface area contributed by atoms with Gasteiger partial charge in [-0.2, -0.15) is 0 Å². The largest absolute Gasteiger partial charge is 0.299 e. The first-order valence-electron chi connectivity index (χ1n) is 6.65. The normalized spacial score (nSPS) is 42.1. The molecule has 0 N–H and O–H groups in total. The molecule has 0 bridgehead atoms. The van der Waals surface area contributed by atoms with Gasteiger partial charge in [-0.05, 0) is 32.2 Å². The van der Waals surface area contributed by atoms with Gasteiger partial charge in [0.25, 0.3) is 0 Å². The van der Waals surface area contributed by atoms with E-state index in [0.29, 0.717) is 23.8 Å². The highest BCUT2D eigenvalue weighted by Crippen LogP contribution is 2.38. The molecule has 3 aliphatic rings. The number of hydrogen-bond donors (Lipinski definition) is 0. The Kier molecular flexibility index (Phi) is 2.55. The van der Waals surface area contributed by atoms with Gasteiger partial charge in [0.15, 0.2) is 0 Å². The number of carbonyl (C=O) groups excluding carboxylic acids is 1. The first kappa shape index (κ1) is 9.83. The van der Waals surface area contributed by atoms with Crippen LogP contribution >= 0.6 is 0 Å². The van der Waals surface area contributed by atoms with Crippen LogP contribution in [0.25, 0.3) is 0 Å². The summed E-state index contributed by atoms with van der Waals surface area (Å²) in [5.41, 5.74) is 0. The van der Waals surface area contributed by atoms with E-state index >= 15 is 0 Å². The quantitative estimate of drug-likeness (QED) is 0.608. The Morgan fingerprint density at radius 2 is 1.80 bits per heavy atom. The van der Waals surface area contributed by atoms with Crippen molar-refractivity contribution in [3.63, 3.8) is 0 Å². The fourth-order valence-corrected chi connectivity index (χ4v) is 3.95. The van der Waals surface area contributed by atoms with Crippen molar-refractivity contribution < 1.29 is 4.79 Å². The van der Waals surface area contributed by atoms with Crippen molar-refractivity contribution >= 4 is 5.78 Å².